The van der Waals surface area contributed by atoms with Crippen molar-refractivity contribution >= 4 is 29.9 Å². The van der Waals surface area contributed by atoms with E-state index in [1.165, 1.54) is 5.69 Å². The van der Waals surface area contributed by atoms with Crippen LogP contribution in [0.15, 0.2) is 27.6 Å². The molecule has 0 aliphatic carbocycles. The van der Waals surface area contributed by atoms with Gasteiger partial charge in [0, 0.05) is 38.4 Å². The largest absolute Gasteiger partial charge is 0.465 e. The number of hydrogen-bond donors (Lipinski definition) is 2. The van der Waals surface area contributed by atoms with Gasteiger partial charge in [0.05, 0.1) is 31.5 Å². The summed E-state index contributed by atoms with van der Waals surface area (Å²) in [6.45, 7) is 14.7. The molecule has 9 heteroatoms. The van der Waals surface area contributed by atoms with Crippen LogP contribution in [0.5, 0.6) is 0 Å². The number of nitrogens with one attached hydrogen (secondary N) is 2. The molecule has 0 saturated carbocycles. The Morgan fingerprint density at radius 1 is 1.19 bits per heavy atom. The fraction of sp³-hybridized carbons (Fsp3) is 0.636. The smallest absolute Gasteiger partial charge is 0.191 e. The van der Waals surface area contributed by atoms with Gasteiger partial charge in [-0.3, -0.25) is 14.6 Å². The molecular formula is C22H37IN6O2. The van der Waals surface area contributed by atoms with Crippen molar-refractivity contribution in [3.8, 4) is 0 Å². The SMILES string of the molecule is CCNC(=NCC(c1ccc(C)o1)N1CCOCC1)NCCCn1nc(C)cc1C.I. The number of aromatic nitrogens is 2. The number of aryl methyl sites for hydroxylation is 4. The van der Waals surface area contributed by atoms with E-state index in [0.717, 1.165) is 75.5 Å². The Kier molecular flexibility index (Phi) is 10.8. The van der Waals surface area contributed by atoms with Crippen LogP contribution in [0.25, 0.3) is 0 Å². The van der Waals surface area contributed by atoms with Crippen molar-refractivity contribution in [1.29, 1.82) is 0 Å². The maximum absolute atomic E-state index is 5.95. The third-order valence-corrected chi connectivity index (χ3v) is 5.29. The predicted octanol–water partition coefficient (Wildman–Crippen LogP) is 3.04. The first kappa shape index (κ1) is 25.7. The molecule has 1 aliphatic rings. The number of furan rings is 1. The zero-order valence-corrected chi connectivity index (χ0v) is 21.5. The minimum absolute atomic E-state index is 0. The average Bonchev–Trinajstić information content (AvgIpc) is 3.30. The topological polar surface area (TPSA) is 79.9 Å². The minimum Gasteiger partial charge on any atom is -0.465 e. The number of guanidine groups is 1. The van der Waals surface area contributed by atoms with Gasteiger partial charge in [0.1, 0.15) is 11.5 Å². The Hall–Kier alpha value is -1.59. The Morgan fingerprint density at radius 2 is 1.97 bits per heavy atom. The van der Waals surface area contributed by atoms with Gasteiger partial charge < -0.3 is 19.8 Å². The monoisotopic (exact) mass is 544 g/mol. The van der Waals surface area contributed by atoms with Crippen LogP contribution < -0.4 is 10.6 Å². The van der Waals surface area contributed by atoms with E-state index in [0.29, 0.717) is 6.54 Å². The Bertz CT molecular complexity index is 813. The molecule has 3 heterocycles. The molecule has 0 amide bonds. The summed E-state index contributed by atoms with van der Waals surface area (Å²) in [5, 5.41) is 11.3. The molecule has 2 aromatic heterocycles. The van der Waals surface area contributed by atoms with Crippen LogP contribution in [0.4, 0.5) is 0 Å². The van der Waals surface area contributed by atoms with Gasteiger partial charge >= 0.3 is 0 Å². The normalized spacial score (nSPS) is 16.1. The van der Waals surface area contributed by atoms with Crippen LogP contribution in [0.3, 0.4) is 0 Å². The molecule has 1 fully saturated rings. The highest BCUT2D eigenvalue weighted by Gasteiger charge is 2.25. The van der Waals surface area contributed by atoms with Crippen molar-refractivity contribution in [2.45, 2.75) is 46.7 Å². The quantitative estimate of drug-likeness (QED) is 0.219. The summed E-state index contributed by atoms with van der Waals surface area (Å²) >= 11 is 0. The van der Waals surface area contributed by atoms with E-state index in [4.69, 9.17) is 14.1 Å². The summed E-state index contributed by atoms with van der Waals surface area (Å²) in [4.78, 5) is 7.27. The molecule has 0 spiro atoms. The maximum atomic E-state index is 5.95. The third kappa shape index (κ3) is 7.80. The predicted molar refractivity (Wildman–Crippen MR) is 134 cm³/mol. The van der Waals surface area contributed by atoms with Gasteiger partial charge in [-0.2, -0.15) is 5.10 Å². The summed E-state index contributed by atoms with van der Waals surface area (Å²) in [7, 11) is 0. The van der Waals surface area contributed by atoms with Crippen molar-refractivity contribution in [1.82, 2.24) is 25.3 Å². The molecule has 3 rings (SSSR count). The Labute approximate surface area is 202 Å². The summed E-state index contributed by atoms with van der Waals surface area (Å²) in [6.07, 6.45) is 0.983. The molecule has 0 bridgehead atoms. The second-order valence-electron chi connectivity index (χ2n) is 7.76. The van der Waals surface area contributed by atoms with Gasteiger partial charge in [-0.25, -0.2) is 0 Å². The van der Waals surface area contributed by atoms with Crippen molar-refractivity contribution in [3.05, 3.63) is 41.1 Å². The van der Waals surface area contributed by atoms with Gasteiger partial charge in [0.2, 0.25) is 0 Å². The van der Waals surface area contributed by atoms with Gasteiger partial charge in [-0.05, 0) is 52.3 Å². The maximum Gasteiger partial charge on any atom is 0.191 e. The van der Waals surface area contributed by atoms with Gasteiger partial charge in [-0.1, -0.05) is 0 Å². The number of rotatable bonds is 9. The first-order valence-corrected chi connectivity index (χ1v) is 11.0. The van der Waals surface area contributed by atoms with E-state index in [2.05, 4.69) is 51.3 Å². The fourth-order valence-corrected chi connectivity index (χ4v) is 3.76. The molecule has 174 valence electrons. The highest BCUT2D eigenvalue weighted by molar-refractivity contribution is 14.0. The van der Waals surface area contributed by atoms with Crippen LogP contribution in [0, 0.1) is 20.8 Å². The zero-order valence-electron chi connectivity index (χ0n) is 19.2. The van der Waals surface area contributed by atoms with Crippen molar-refractivity contribution in [2.24, 2.45) is 4.99 Å². The van der Waals surface area contributed by atoms with Crippen molar-refractivity contribution < 1.29 is 9.15 Å². The Morgan fingerprint density at radius 3 is 2.58 bits per heavy atom. The average molecular weight is 544 g/mol. The van der Waals surface area contributed by atoms with Crippen LogP contribution in [-0.4, -0.2) is 66.6 Å². The number of halogens is 1. The molecule has 0 radical (unpaired) electrons. The molecule has 8 nitrogen and oxygen atoms in total. The van der Waals surface area contributed by atoms with Crippen molar-refractivity contribution in [3.63, 3.8) is 0 Å². The number of hydrogen-bond acceptors (Lipinski definition) is 5. The first-order valence-electron chi connectivity index (χ1n) is 11.0. The zero-order chi connectivity index (χ0) is 21.3. The second-order valence-corrected chi connectivity index (χ2v) is 7.76. The van der Waals surface area contributed by atoms with E-state index in [-0.39, 0.29) is 30.0 Å². The fourth-order valence-electron chi connectivity index (χ4n) is 3.76. The molecule has 1 aliphatic heterocycles. The van der Waals surface area contributed by atoms with E-state index in [1.807, 2.05) is 19.9 Å². The molecular weight excluding hydrogens is 507 g/mol. The van der Waals surface area contributed by atoms with Crippen LogP contribution in [0.1, 0.15) is 42.3 Å². The molecule has 2 aromatic rings. The lowest BCUT2D eigenvalue weighted by atomic mass is 10.1. The molecule has 1 atom stereocenters. The number of nitrogens with zero attached hydrogens (tertiary/aromatic N) is 4. The Balaban J connectivity index is 0.00000341. The summed E-state index contributed by atoms with van der Waals surface area (Å²) in [6, 6.07) is 6.32. The lowest BCUT2D eigenvalue weighted by Crippen LogP contribution is -2.42. The standard InChI is InChI=1S/C22H36N6O2.HI/c1-5-23-22(24-9-6-10-28-18(3)15-17(2)26-28)25-16-20(21-8-7-19(4)30-21)27-11-13-29-14-12-27;/h7-8,15,20H,5-6,9-14,16H2,1-4H3,(H2,23,24,25);1H. The number of morpholine rings is 1. The minimum atomic E-state index is 0. The number of ether oxygens (including phenoxy) is 1. The third-order valence-electron chi connectivity index (χ3n) is 5.29. The second kappa shape index (κ2) is 13.1. The molecule has 31 heavy (non-hydrogen) atoms. The van der Waals surface area contributed by atoms with E-state index >= 15 is 0 Å². The van der Waals surface area contributed by atoms with Gasteiger partial charge in [0.15, 0.2) is 5.96 Å². The lowest BCUT2D eigenvalue weighted by molar-refractivity contribution is 0.0135. The summed E-state index contributed by atoms with van der Waals surface area (Å²) in [5.41, 5.74) is 2.27. The summed E-state index contributed by atoms with van der Waals surface area (Å²) in [5.74, 6) is 2.74. The van der Waals surface area contributed by atoms with Crippen LogP contribution >= 0.6 is 24.0 Å². The van der Waals surface area contributed by atoms with E-state index in [9.17, 15) is 0 Å². The molecule has 1 unspecified atom stereocenters. The summed E-state index contributed by atoms with van der Waals surface area (Å²) < 4.78 is 13.5. The highest BCUT2D eigenvalue weighted by atomic mass is 127. The van der Waals surface area contributed by atoms with E-state index in [1.54, 1.807) is 0 Å². The number of aliphatic imine (C=N–C) groups is 1. The van der Waals surface area contributed by atoms with Crippen LogP contribution in [-0.2, 0) is 11.3 Å². The van der Waals surface area contributed by atoms with Gasteiger partial charge in [0.25, 0.3) is 0 Å². The van der Waals surface area contributed by atoms with Gasteiger partial charge in [-0.15, -0.1) is 24.0 Å². The molecule has 2 N–H and O–H groups in total. The van der Waals surface area contributed by atoms with Crippen molar-refractivity contribution in [2.75, 3.05) is 45.9 Å². The van der Waals surface area contributed by atoms with Crippen LogP contribution in [0.2, 0.25) is 0 Å². The lowest BCUT2D eigenvalue weighted by Gasteiger charge is -2.32. The molecule has 0 aromatic carbocycles. The van der Waals surface area contributed by atoms with E-state index < -0.39 is 0 Å². The first-order chi connectivity index (χ1) is 14.6. The highest BCUT2D eigenvalue weighted by Crippen LogP contribution is 2.24. The molecule has 1 saturated heterocycles.